The third kappa shape index (κ3) is 3.18. The van der Waals surface area contributed by atoms with Crippen molar-refractivity contribution in [2.24, 2.45) is 5.84 Å². The molecule has 1 aromatic rings. The van der Waals surface area contributed by atoms with Crippen LogP contribution in [0.4, 0.5) is 5.82 Å². The Morgan fingerprint density at radius 1 is 1.69 bits per heavy atom. The van der Waals surface area contributed by atoms with E-state index < -0.39 is 0 Å². The summed E-state index contributed by atoms with van der Waals surface area (Å²) in [5, 5.41) is 2.77. The summed E-state index contributed by atoms with van der Waals surface area (Å²) in [6.45, 7) is 2.31. The van der Waals surface area contributed by atoms with Crippen LogP contribution in [0.15, 0.2) is 18.3 Å². The van der Waals surface area contributed by atoms with E-state index in [4.69, 9.17) is 10.6 Å². The Kier molecular flexibility index (Phi) is 4.68. The summed E-state index contributed by atoms with van der Waals surface area (Å²) in [4.78, 5) is 15.8. The second-order valence-corrected chi connectivity index (χ2v) is 3.37. The number of rotatable bonds is 5. The molecule has 0 bridgehead atoms. The van der Waals surface area contributed by atoms with Crippen LogP contribution in [-0.4, -0.2) is 30.6 Å². The smallest absolute Gasteiger partial charge is 0.255 e. The second kappa shape index (κ2) is 6.04. The molecule has 0 saturated carbocycles. The molecule has 0 aliphatic carbocycles. The minimum atomic E-state index is -0.231. The van der Waals surface area contributed by atoms with Crippen molar-refractivity contribution in [3.05, 3.63) is 23.9 Å². The Bertz CT molecular complexity index is 356. The number of pyridine rings is 1. The van der Waals surface area contributed by atoms with Crippen molar-refractivity contribution in [1.82, 2.24) is 10.3 Å². The number of nitrogens with one attached hydrogen (secondary N) is 2. The highest BCUT2D eigenvalue weighted by atomic mass is 16.5. The van der Waals surface area contributed by atoms with Gasteiger partial charge in [0.25, 0.3) is 5.91 Å². The van der Waals surface area contributed by atoms with E-state index in [1.54, 1.807) is 25.4 Å². The maximum Gasteiger partial charge on any atom is 0.255 e. The van der Waals surface area contributed by atoms with Gasteiger partial charge in [-0.05, 0) is 19.1 Å². The van der Waals surface area contributed by atoms with Gasteiger partial charge in [-0.15, -0.1) is 0 Å². The Hall–Kier alpha value is -1.66. The molecule has 16 heavy (non-hydrogen) atoms. The highest BCUT2D eigenvalue weighted by Gasteiger charge is 2.13. The lowest BCUT2D eigenvalue weighted by Crippen LogP contribution is -2.36. The average molecular weight is 224 g/mol. The molecule has 0 aliphatic rings. The summed E-state index contributed by atoms with van der Waals surface area (Å²) in [5.74, 6) is 5.38. The van der Waals surface area contributed by atoms with Crippen LogP contribution in [0, 0.1) is 0 Å². The number of hydrazine groups is 1. The van der Waals surface area contributed by atoms with Crippen LogP contribution in [0.25, 0.3) is 0 Å². The summed E-state index contributed by atoms with van der Waals surface area (Å²) in [7, 11) is 1.58. The fourth-order valence-electron chi connectivity index (χ4n) is 1.30. The van der Waals surface area contributed by atoms with E-state index in [1.165, 1.54) is 0 Å². The standard InChI is InChI=1S/C10H16N4O2/c1-7(6-16-2)13-10(15)8-4-3-5-12-9(8)14-11/h3-5,7H,6,11H2,1-2H3,(H,12,14)(H,13,15). The van der Waals surface area contributed by atoms with Gasteiger partial charge >= 0.3 is 0 Å². The van der Waals surface area contributed by atoms with Crippen molar-refractivity contribution in [2.45, 2.75) is 13.0 Å². The summed E-state index contributed by atoms with van der Waals surface area (Å²) >= 11 is 0. The molecular formula is C10H16N4O2. The fraction of sp³-hybridized carbons (Fsp3) is 0.400. The SMILES string of the molecule is COCC(C)NC(=O)c1cccnc1NN. The summed E-state index contributed by atoms with van der Waals surface area (Å²) in [5.41, 5.74) is 2.79. The molecule has 1 amide bonds. The second-order valence-electron chi connectivity index (χ2n) is 3.37. The molecule has 1 heterocycles. The summed E-state index contributed by atoms with van der Waals surface area (Å²) in [6.07, 6.45) is 1.56. The molecule has 88 valence electrons. The van der Waals surface area contributed by atoms with Crippen LogP contribution >= 0.6 is 0 Å². The summed E-state index contributed by atoms with van der Waals surface area (Å²) < 4.78 is 4.93. The average Bonchev–Trinajstić information content (AvgIpc) is 2.29. The first-order valence-electron chi connectivity index (χ1n) is 4.90. The number of carbonyl (C=O) groups is 1. The predicted octanol–water partition coefficient (Wildman–Crippen LogP) is 0.132. The monoisotopic (exact) mass is 224 g/mol. The number of nitrogens with two attached hydrogens (primary N) is 1. The first-order valence-corrected chi connectivity index (χ1v) is 4.90. The van der Waals surface area contributed by atoms with Crippen molar-refractivity contribution in [2.75, 3.05) is 19.1 Å². The molecule has 0 saturated heterocycles. The van der Waals surface area contributed by atoms with Gasteiger partial charge in [-0.1, -0.05) is 0 Å². The number of nitrogens with zero attached hydrogens (tertiary/aromatic N) is 1. The quantitative estimate of drug-likeness (QED) is 0.488. The van der Waals surface area contributed by atoms with Crippen LogP contribution in [-0.2, 0) is 4.74 Å². The van der Waals surface area contributed by atoms with Gasteiger partial charge in [-0.25, -0.2) is 10.8 Å². The molecule has 6 heteroatoms. The normalized spacial score (nSPS) is 11.9. The zero-order valence-corrected chi connectivity index (χ0v) is 9.36. The third-order valence-corrected chi connectivity index (χ3v) is 1.98. The Balaban J connectivity index is 2.72. The van der Waals surface area contributed by atoms with Gasteiger partial charge in [0.05, 0.1) is 12.2 Å². The molecule has 0 spiro atoms. The zero-order chi connectivity index (χ0) is 12.0. The number of ether oxygens (including phenoxy) is 1. The fourth-order valence-corrected chi connectivity index (χ4v) is 1.30. The van der Waals surface area contributed by atoms with E-state index in [2.05, 4.69) is 15.7 Å². The molecule has 0 radical (unpaired) electrons. The Labute approximate surface area is 94.2 Å². The maximum absolute atomic E-state index is 11.8. The molecule has 0 aliphatic heterocycles. The number of anilines is 1. The number of hydrogen-bond donors (Lipinski definition) is 3. The Morgan fingerprint density at radius 3 is 3.06 bits per heavy atom. The lowest BCUT2D eigenvalue weighted by Gasteiger charge is -2.13. The molecule has 1 unspecified atom stereocenters. The van der Waals surface area contributed by atoms with Crippen molar-refractivity contribution in [3.63, 3.8) is 0 Å². The topological polar surface area (TPSA) is 89.3 Å². The van der Waals surface area contributed by atoms with Gasteiger partial charge in [0.15, 0.2) is 5.82 Å². The van der Waals surface area contributed by atoms with Gasteiger partial charge in [-0.3, -0.25) is 4.79 Å². The molecular weight excluding hydrogens is 208 g/mol. The van der Waals surface area contributed by atoms with Crippen molar-refractivity contribution in [3.8, 4) is 0 Å². The number of methoxy groups -OCH3 is 1. The number of nitrogen functional groups attached to an aromatic ring is 1. The van der Waals surface area contributed by atoms with Gasteiger partial charge in [0.2, 0.25) is 0 Å². The van der Waals surface area contributed by atoms with Crippen LogP contribution in [0.2, 0.25) is 0 Å². The molecule has 6 nitrogen and oxygen atoms in total. The van der Waals surface area contributed by atoms with Gasteiger partial charge in [0.1, 0.15) is 0 Å². The summed E-state index contributed by atoms with van der Waals surface area (Å²) in [6, 6.07) is 3.26. The molecule has 4 N–H and O–H groups in total. The largest absolute Gasteiger partial charge is 0.383 e. The minimum absolute atomic E-state index is 0.0664. The molecule has 1 rings (SSSR count). The predicted molar refractivity (Wildman–Crippen MR) is 60.9 cm³/mol. The van der Waals surface area contributed by atoms with Gasteiger partial charge in [-0.2, -0.15) is 0 Å². The van der Waals surface area contributed by atoms with Crippen molar-refractivity contribution >= 4 is 11.7 Å². The van der Waals surface area contributed by atoms with Crippen molar-refractivity contribution in [1.29, 1.82) is 0 Å². The van der Waals surface area contributed by atoms with E-state index in [9.17, 15) is 4.79 Å². The molecule has 1 atom stereocenters. The van der Waals surface area contributed by atoms with Gasteiger partial charge in [0, 0.05) is 19.3 Å². The highest BCUT2D eigenvalue weighted by Crippen LogP contribution is 2.09. The van der Waals surface area contributed by atoms with Crippen molar-refractivity contribution < 1.29 is 9.53 Å². The number of carbonyl (C=O) groups excluding carboxylic acids is 1. The maximum atomic E-state index is 11.8. The first-order chi connectivity index (χ1) is 7.69. The van der Waals surface area contributed by atoms with E-state index >= 15 is 0 Å². The Morgan fingerprint density at radius 2 is 2.44 bits per heavy atom. The molecule has 1 aromatic heterocycles. The zero-order valence-electron chi connectivity index (χ0n) is 9.36. The van der Waals surface area contributed by atoms with Crippen LogP contribution < -0.4 is 16.6 Å². The van der Waals surface area contributed by atoms with Crippen LogP contribution in [0.3, 0.4) is 0 Å². The lowest BCUT2D eigenvalue weighted by molar-refractivity contribution is 0.0906. The first kappa shape index (κ1) is 12.4. The number of hydrogen-bond acceptors (Lipinski definition) is 5. The van der Waals surface area contributed by atoms with E-state index in [0.29, 0.717) is 18.0 Å². The lowest BCUT2D eigenvalue weighted by atomic mass is 10.2. The van der Waals surface area contributed by atoms with E-state index in [1.807, 2.05) is 6.92 Å². The van der Waals surface area contributed by atoms with E-state index in [-0.39, 0.29) is 11.9 Å². The molecule has 0 aromatic carbocycles. The highest BCUT2D eigenvalue weighted by molar-refractivity contribution is 5.98. The minimum Gasteiger partial charge on any atom is -0.383 e. The third-order valence-electron chi connectivity index (χ3n) is 1.98. The van der Waals surface area contributed by atoms with E-state index in [0.717, 1.165) is 0 Å². The molecule has 0 fully saturated rings. The van der Waals surface area contributed by atoms with Crippen LogP contribution in [0.1, 0.15) is 17.3 Å². The number of amides is 1. The van der Waals surface area contributed by atoms with Crippen LogP contribution in [0.5, 0.6) is 0 Å². The number of aromatic nitrogens is 1. The van der Waals surface area contributed by atoms with Gasteiger partial charge < -0.3 is 15.5 Å².